The Morgan fingerprint density at radius 3 is 1.85 bits per heavy atom. The number of aryl methyl sites for hydroxylation is 1. The van der Waals surface area contributed by atoms with Crippen LogP contribution >= 0.6 is 0 Å². The van der Waals surface area contributed by atoms with Crippen LogP contribution in [0.1, 0.15) is 21.5 Å². The lowest BCUT2D eigenvalue weighted by Gasteiger charge is -2.15. The number of alkyl halides is 6. The molecule has 2 rings (SSSR count). The van der Waals surface area contributed by atoms with Gasteiger partial charge in [-0.3, -0.25) is 14.2 Å². The van der Waals surface area contributed by atoms with Crippen LogP contribution in [-0.4, -0.2) is 15.0 Å². The molecule has 0 spiro atoms. The van der Waals surface area contributed by atoms with Crippen molar-refractivity contribution < 1.29 is 31.1 Å². The normalized spacial score (nSPS) is 12.1. The first-order valence-corrected chi connectivity index (χ1v) is 7.09. The number of amides is 1. The molecule has 0 aliphatic heterocycles. The maximum Gasteiger partial charge on any atom is 0.416 e. The number of aromatic nitrogens is 2. The van der Waals surface area contributed by atoms with Gasteiger partial charge in [0.2, 0.25) is 0 Å². The summed E-state index contributed by atoms with van der Waals surface area (Å²) < 4.78 is 78.5. The predicted molar refractivity (Wildman–Crippen MR) is 81.3 cm³/mol. The number of halogens is 6. The Hall–Kier alpha value is -3.05. The molecule has 1 heterocycles. The first-order valence-electron chi connectivity index (χ1n) is 7.09. The van der Waals surface area contributed by atoms with Gasteiger partial charge in [0.25, 0.3) is 11.5 Å². The monoisotopic (exact) mass is 395 g/mol. The van der Waals surface area contributed by atoms with Crippen molar-refractivity contribution in [3.63, 3.8) is 0 Å². The molecule has 6 nitrogen and oxygen atoms in total. The molecule has 0 aliphatic rings. The van der Waals surface area contributed by atoms with Gasteiger partial charge >= 0.3 is 18.0 Å². The Morgan fingerprint density at radius 2 is 1.41 bits per heavy atom. The van der Waals surface area contributed by atoms with Crippen molar-refractivity contribution in [2.24, 2.45) is 14.1 Å². The first kappa shape index (κ1) is 20.3. The molecule has 146 valence electrons. The Kier molecular flexibility index (Phi) is 4.95. The molecule has 1 aromatic heterocycles. The molecule has 0 radical (unpaired) electrons. The maximum absolute atomic E-state index is 12.8. The highest BCUT2D eigenvalue weighted by Crippen LogP contribution is 2.37. The molecule has 0 saturated heterocycles. The average molecular weight is 395 g/mol. The minimum Gasteiger partial charge on any atom is -0.322 e. The minimum absolute atomic E-state index is 0.0963. The third-order valence-corrected chi connectivity index (χ3v) is 3.54. The zero-order chi connectivity index (χ0) is 20.7. The fourth-order valence-corrected chi connectivity index (χ4v) is 2.19. The van der Waals surface area contributed by atoms with Crippen LogP contribution in [0.4, 0.5) is 32.0 Å². The third kappa shape index (κ3) is 4.20. The molecule has 1 aromatic carbocycles. The molecule has 1 amide bonds. The summed E-state index contributed by atoms with van der Waals surface area (Å²) in [6.45, 7) is 0. The van der Waals surface area contributed by atoms with E-state index in [1.54, 1.807) is 0 Å². The summed E-state index contributed by atoms with van der Waals surface area (Å²) in [5.74, 6) is -1.27. The van der Waals surface area contributed by atoms with Crippen LogP contribution in [0.15, 0.2) is 34.0 Å². The molecule has 12 heteroatoms. The first-order chi connectivity index (χ1) is 12.2. The quantitative estimate of drug-likeness (QED) is 0.794. The largest absolute Gasteiger partial charge is 0.416 e. The fraction of sp³-hybridized carbons (Fsp3) is 0.267. The maximum atomic E-state index is 12.8. The lowest BCUT2D eigenvalue weighted by atomic mass is 10.1. The van der Waals surface area contributed by atoms with Crippen LogP contribution in [0.2, 0.25) is 0 Å². The van der Waals surface area contributed by atoms with E-state index >= 15 is 0 Å². The van der Waals surface area contributed by atoms with Crippen LogP contribution in [0.5, 0.6) is 0 Å². The van der Waals surface area contributed by atoms with Crippen LogP contribution in [0.25, 0.3) is 0 Å². The molecule has 0 saturated carbocycles. The van der Waals surface area contributed by atoms with Gasteiger partial charge in [-0.1, -0.05) is 0 Å². The summed E-state index contributed by atoms with van der Waals surface area (Å²) in [6, 6.07) is 0.514. The summed E-state index contributed by atoms with van der Waals surface area (Å²) in [5.41, 5.74) is -6.51. The lowest BCUT2D eigenvalue weighted by molar-refractivity contribution is -0.143. The third-order valence-electron chi connectivity index (χ3n) is 3.54. The van der Waals surface area contributed by atoms with Gasteiger partial charge in [0.15, 0.2) is 0 Å². The van der Waals surface area contributed by atoms with Crippen molar-refractivity contribution in [1.82, 2.24) is 9.13 Å². The molecule has 0 atom stereocenters. The van der Waals surface area contributed by atoms with Gasteiger partial charge < -0.3 is 9.88 Å². The van der Waals surface area contributed by atoms with Gasteiger partial charge in [0.05, 0.1) is 11.1 Å². The Balaban J connectivity index is 2.53. The predicted octanol–water partition coefficient (Wildman–Crippen LogP) is 2.37. The second-order valence-electron chi connectivity index (χ2n) is 5.55. The smallest absolute Gasteiger partial charge is 0.322 e. The van der Waals surface area contributed by atoms with Gasteiger partial charge in [-0.05, 0) is 18.2 Å². The number of nitrogens with one attached hydrogen (secondary N) is 1. The molecule has 0 aliphatic carbocycles. The number of hydrogen-bond acceptors (Lipinski definition) is 3. The van der Waals surface area contributed by atoms with Crippen LogP contribution in [0, 0.1) is 0 Å². The molecular weight excluding hydrogens is 384 g/mol. The van der Waals surface area contributed by atoms with Gasteiger partial charge in [-0.15, -0.1) is 0 Å². The Labute approximate surface area is 146 Å². The summed E-state index contributed by atoms with van der Waals surface area (Å²) >= 11 is 0. The van der Waals surface area contributed by atoms with E-state index in [1.807, 2.05) is 5.32 Å². The molecule has 0 fully saturated rings. The van der Waals surface area contributed by atoms with Crippen molar-refractivity contribution >= 4 is 11.6 Å². The molecule has 27 heavy (non-hydrogen) atoms. The van der Waals surface area contributed by atoms with E-state index in [0.29, 0.717) is 16.7 Å². The fourth-order valence-electron chi connectivity index (χ4n) is 2.19. The standard InChI is InChI=1S/C15H11F6N3O3/c1-23-6-10(12(26)24(2)13(23)27)11(25)22-9-4-7(14(16,17)18)3-8(5-9)15(19,20)21/h3-6H,1-2H3,(H,22,25). The Bertz CT molecular complexity index is 985. The number of hydrogen-bond donors (Lipinski definition) is 1. The number of nitrogens with zero attached hydrogens (tertiary/aromatic N) is 2. The number of carbonyl (C=O) groups excluding carboxylic acids is 1. The Morgan fingerprint density at radius 1 is 0.926 bits per heavy atom. The van der Waals surface area contributed by atoms with Gasteiger partial charge in [0.1, 0.15) is 5.56 Å². The van der Waals surface area contributed by atoms with Crippen LogP contribution < -0.4 is 16.6 Å². The summed E-state index contributed by atoms with van der Waals surface area (Å²) in [7, 11) is 2.28. The number of carbonyl (C=O) groups is 1. The minimum atomic E-state index is -5.09. The average Bonchev–Trinajstić information content (AvgIpc) is 2.54. The zero-order valence-corrected chi connectivity index (χ0v) is 13.7. The number of anilines is 1. The van der Waals surface area contributed by atoms with Crippen LogP contribution in [0.3, 0.4) is 0 Å². The van der Waals surface area contributed by atoms with E-state index in [-0.39, 0.29) is 6.07 Å². The molecular formula is C15H11F6N3O3. The van der Waals surface area contributed by atoms with Gasteiger partial charge in [0, 0.05) is 26.0 Å². The van der Waals surface area contributed by atoms with Crippen molar-refractivity contribution in [2.75, 3.05) is 5.32 Å². The highest BCUT2D eigenvalue weighted by atomic mass is 19.4. The van der Waals surface area contributed by atoms with Gasteiger partial charge in [-0.25, -0.2) is 4.79 Å². The molecule has 0 unspecified atom stereocenters. The highest BCUT2D eigenvalue weighted by Gasteiger charge is 2.37. The number of benzene rings is 1. The highest BCUT2D eigenvalue weighted by molar-refractivity contribution is 6.03. The van der Waals surface area contributed by atoms with E-state index in [2.05, 4.69) is 0 Å². The van der Waals surface area contributed by atoms with E-state index < -0.39 is 51.9 Å². The summed E-state index contributed by atoms with van der Waals surface area (Å²) in [6.07, 6.45) is -9.35. The molecule has 2 aromatic rings. The topological polar surface area (TPSA) is 73.1 Å². The van der Waals surface area contributed by atoms with Gasteiger partial charge in [-0.2, -0.15) is 26.3 Å². The summed E-state index contributed by atoms with van der Waals surface area (Å²) in [5, 5.41) is 1.83. The van der Waals surface area contributed by atoms with E-state index in [1.165, 1.54) is 7.05 Å². The van der Waals surface area contributed by atoms with Crippen molar-refractivity contribution in [3.05, 3.63) is 61.9 Å². The van der Waals surface area contributed by atoms with E-state index in [4.69, 9.17) is 0 Å². The van der Waals surface area contributed by atoms with Crippen LogP contribution in [-0.2, 0) is 26.4 Å². The lowest BCUT2D eigenvalue weighted by Crippen LogP contribution is -2.40. The van der Waals surface area contributed by atoms with E-state index in [0.717, 1.165) is 17.8 Å². The van der Waals surface area contributed by atoms with Crippen molar-refractivity contribution in [2.45, 2.75) is 12.4 Å². The van der Waals surface area contributed by atoms with E-state index in [9.17, 15) is 40.7 Å². The zero-order valence-electron chi connectivity index (χ0n) is 13.7. The van der Waals surface area contributed by atoms with Crippen molar-refractivity contribution in [1.29, 1.82) is 0 Å². The molecule has 0 bridgehead atoms. The molecule has 1 N–H and O–H groups in total. The summed E-state index contributed by atoms with van der Waals surface area (Å²) in [4.78, 5) is 35.7. The number of rotatable bonds is 2. The second-order valence-corrected chi connectivity index (χ2v) is 5.55. The SMILES string of the molecule is Cn1cc(C(=O)Nc2cc(C(F)(F)F)cc(C(F)(F)F)c2)c(=O)n(C)c1=O. The van der Waals surface area contributed by atoms with Crippen molar-refractivity contribution in [3.8, 4) is 0 Å². The second kappa shape index (κ2) is 6.59.